The summed E-state index contributed by atoms with van der Waals surface area (Å²) in [5.41, 5.74) is -0.0898. The van der Waals surface area contributed by atoms with E-state index in [1.807, 2.05) is 0 Å². The van der Waals surface area contributed by atoms with Crippen LogP contribution in [0.25, 0.3) is 0 Å². The molecule has 1 atom stereocenters. The second-order valence-corrected chi connectivity index (χ2v) is 4.03. The number of anilines is 1. The number of hydrogen-bond acceptors (Lipinski definition) is 6. The summed E-state index contributed by atoms with van der Waals surface area (Å²) in [5, 5.41) is 16.8. The third-order valence-electron chi connectivity index (χ3n) is 2.79. The van der Waals surface area contributed by atoms with Gasteiger partial charge in [0, 0.05) is 12.6 Å². The molecule has 1 aliphatic heterocycles. The van der Waals surface area contributed by atoms with E-state index in [4.69, 9.17) is 0 Å². The van der Waals surface area contributed by atoms with Crippen molar-refractivity contribution in [1.29, 1.82) is 0 Å². The van der Waals surface area contributed by atoms with E-state index in [0.717, 1.165) is 19.5 Å². The van der Waals surface area contributed by atoms with Crippen LogP contribution in [0.2, 0.25) is 0 Å². The van der Waals surface area contributed by atoms with Crippen LogP contribution in [-0.4, -0.2) is 34.0 Å². The lowest BCUT2D eigenvalue weighted by Crippen LogP contribution is -2.24. The Hall–Kier alpha value is -1.76. The molecule has 1 fully saturated rings. The van der Waals surface area contributed by atoms with E-state index in [1.54, 1.807) is 0 Å². The highest BCUT2D eigenvalue weighted by molar-refractivity contribution is 5.30. The van der Waals surface area contributed by atoms with Crippen LogP contribution in [0.3, 0.4) is 0 Å². The smallest absolute Gasteiger partial charge is 0.305 e. The molecular weight excluding hydrogens is 222 g/mol. The summed E-state index contributed by atoms with van der Waals surface area (Å²) in [4.78, 5) is 17.6. The number of nitrogens with one attached hydrogen (secondary N) is 2. The Bertz CT molecular complexity index is 375. The highest BCUT2D eigenvalue weighted by Crippen LogP contribution is 2.10. The van der Waals surface area contributed by atoms with Crippen molar-refractivity contribution < 1.29 is 4.92 Å². The van der Waals surface area contributed by atoms with Crippen molar-refractivity contribution in [2.75, 3.05) is 18.4 Å². The van der Waals surface area contributed by atoms with Crippen LogP contribution in [0.15, 0.2) is 12.4 Å². The van der Waals surface area contributed by atoms with Gasteiger partial charge in [0.1, 0.15) is 12.4 Å². The Labute approximate surface area is 98.8 Å². The highest BCUT2D eigenvalue weighted by atomic mass is 16.6. The normalized spacial score (nSPS) is 19.2. The van der Waals surface area contributed by atoms with E-state index in [1.165, 1.54) is 25.2 Å². The van der Waals surface area contributed by atoms with E-state index in [0.29, 0.717) is 12.0 Å². The molecule has 0 spiro atoms. The molecule has 0 bridgehead atoms. The summed E-state index contributed by atoms with van der Waals surface area (Å²) in [5.74, 6) is 0.439. The van der Waals surface area contributed by atoms with E-state index in [9.17, 15) is 10.1 Å². The SMILES string of the molecule is O=[N+]([O-])c1cnc(NCCC2CCCN2)nc1. The number of nitro groups is 1. The first-order valence-electron chi connectivity index (χ1n) is 5.69. The van der Waals surface area contributed by atoms with Crippen LogP contribution in [0.5, 0.6) is 0 Å². The zero-order valence-electron chi connectivity index (χ0n) is 9.43. The molecule has 2 rings (SSSR count). The fraction of sp³-hybridized carbons (Fsp3) is 0.600. The molecule has 1 aliphatic rings. The van der Waals surface area contributed by atoms with Gasteiger partial charge in [-0.1, -0.05) is 0 Å². The molecule has 17 heavy (non-hydrogen) atoms. The predicted molar refractivity (Wildman–Crippen MR) is 62.8 cm³/mol. The maximum atomic E-state index is 10.4. The largest absolute Gasteiger partial charge is 0.354 e. The Balaban J connectivity index is 1.76. The van der Waals surface area contributed by atoms with Gasteiger partial charge in [-0.05, 0) is 25.8 Å². The lowest BCUT2D eigenvalue weighted by Gasteiger charge is -2.10. The molecule has 1 aromatic rings. The minimum Gasteiger partial charge on any atom is -0.354 e. The molecule has 7 nitrogen and oxygen atoms in total. The van der Waals surface area contributed by atoms with Crippen molar-refractivity contribution in [3.05, 3.63) is 22.5 Å². The van der Waals surface area contributed by atoms with E-state index >= 15 is 0 Å². The van der Waals surface area contributed by atoms with Gasteiger partial charge in [0.25, 0.3) is 0 Å². The lowest BCUT2D eigenvalue weighted by atomic mass is 10.1. The van der Waals surface area contributed by atoms with Crippen molar-refractivity contribution in [1.82, 2.24) is 15.3 Å². The average Bonchev–Trinajstić information content (AvgIpc) is 2.83. The summed E-state index contributed by atoms with van der Waals surface area (Å²) in [6, 6.07) is 0.570. The van der Waals surface area contributed by atoms with Crippen LogP contribution >= 0.6 is 0 Å². The quantitative estimate of drug-likeness (QED) is 0.584. The summed E-state index contributed by atoms with van der Waals surface area (Å²) in [6.45, 7) is 1.87. The number of hydrogen-bond donors (Lipinski definition) is 2. The van der Waals surface area contributed by atoms with Gasteiger partial charge in [0.2, 0.25) is 5.95 Å². The lowest BCUT2D eigenvalue weighted by molar-refractivity contribution is -0.385. The molecule has 1 unspecified atom stereocenters. The molecule has 92 valence electrons. The van der Waals surface area contributed by atoms with Crippen LogP contribution < -0.4 is 10.6 Å². The molecule has 7 heteroatoms. The topological polar surface area (TPSA) is 93.0 Å². The zero-order valence-corrected chi connectivity index (χ0v) is 9.43. The van der Waals surface area contributed by atoms with Gasteiger partial charge in [0.05, 0.1) is 4.92 Å². The fourth-order valence-electron chi connectivity index (χ4n) is 1.87. The van der Waals surface area contributed by atoms with Gasteiger partial charge in [0.15, 0.2) is 0 Å². The molecule has 0 amide bonds. The van der Waals surface area contributed by atoms with Crippen LogP contribution in [0.4, 0.5) is 11.6 Å². The number of rotatable bonds is 5. The van der Waals surface area contributed by atoms with Gasteiger partial charge in [-0.15, -0.1) is 0 Å². The van der Waals surface area contributed by atoms with Crippen molar-refractivity contribution in [3.8, 4) is 0 Å². The molecule has 0 aromatic carbocycles. The van der Waals surface area contributed by atoms with E-state index in [2.05, 4.69) is 20.6 Å². The van der Waals surface area contributed by atoms with Gasteiger partial charge in [-0.25, -0.2) is 9.97 Å². The summed E-state index contributed by atoms with van der Waals surface area (Å²) in [7, 11) is 0. The molecule has 2 N–H and O–H groups in total. The summed E-state index contributed by atoms with van der Waals surface area (Å²) >= 11 is 0. The van der Waals surface area contributed by atoms with Crippen LogP contribution in [-0.2, 0) is 0 Å². The molecule has 0 radical (unpaired) electrons. The minimum absolute atomic E-state index is 0.0898. The maximum absolute atomic E-state index is 10.4. The van der Waals surface area contributed by atoms with Gasteiger partial charge in [-0.2, -0.15) is 0 Å². The molecule has 2 heterocycles. The number of aromatic nitrogens is 2. The van der Waals surface area contributed by atoms with Gasteiger partial charge >= 0.3 is 5.69 Å². The van der Waals surface area contributed by atoms with Gasteiger partial charge < -0.3 is 10.6 Å². The summed E-state index contributed by atoms with van der Waals surface area (Å²) in [6.07, 6.45) is 5.88. The van der Waals surface area contributed by atoms with Crippen molar-refractivity contribution in [2.45, 2.75) is 25.3 Å². The molecule has 0 saturated carbocycles. The predicted octanol–water partition coefficient (Wildman–Crippen LogP) is 0.939. The minimum atomic E-state index is -0.508. The van der Waals surface area contributed by atoms with Crippen LogP contribution in [0.1, 0.15) is 19.3 Å². The Morgan fingerprint density at radius 1 is 1.53 bits per heavy atom. The Morgan fingerprint density at radius 3 is 2.88 bits per heavy atom. The summed E-state index contributed by atoms with van der Waals surface area (Å²) < 4.78 is 0. The zero-order chi connectivity index (χ0) is 12.1. The maximum Gasteiger partial charge on any atom is 0.305 e. The first-order valence-corrected chi connectivity index (χ1v) is 5.69. The van der Waals surface area contributed by atoms with Crippen molar-refractivity contribution >= 4 is 11.6 Å². The molecule has 1 saturated heterocycles. The third kappa shape index (κ3) is 3.35. The van der Waals surface area contributed by atoms with E-state index < -0.39 is 4.92 Å². The third-order valence-corrected chi connectivity index (χ3v) is 2.79. The molecule has 0 aliphatic carbocycles. The Kier molecular flexibility index (Phi) is 3.81. The Morgan fingerprint density at radius 2 is 2.29 bits per heavy atom. The van der Waals surface area contributed by atoms with Crippen molar-refractivity contribution in [2.24, 2.45) is 0 Å². The highest BCUT2D eigenvalue weighted by Gasteiger charge is 2.13. The first-order chi connectivity index (χ1) is 8.25. The van der Waals surface area contributed by atoms with E-state index in [-0.39, 0.29) is 5.69 Å². The molecule has 1 aromatic heterocycles. The monoisotopic (exact) mass is 237 g/mol. The second-order valence-electron chi connectivity index (χ2n) is 4.03. The van der Waals surface area contributed by atoms with Gasteiger partial charge in [-0.3, -0.25) is 10.1 Å². The first kappa shape index (κ1) is 11.7. The van der Waals surface area contributed by atoms with Crippen molar-refractivity contribution in [3.63, 3.8) is 0 Å². The second kappa shape index (κ2) is 5.53. The number of nitrogens with zero attached hydrogens (tertiary/aromatic N) is 3. The van der Waals surface area contributed by atoms with Crippen LogP contribution in [0, 0.1) is 10.1 Å². The molecular formula is C10H15N5O2. The average molecular weight is 237 g/mol. The fourth-order valence-corrected chi connectivity index (χ4v) is 1.87. The standard InChI is InChI=1S/C10H15N5O2/c16-15(17)9-6-13-10(14-7-9)12-5-3-8-2-1-4-11-8/h6-8,11H,1-5H2,(H,12,13,14).